The maximum absolute atomic E-state index is 13.1. The van der Waals surface area contributed by atoms with E-state index < -0.39 is 26.0 Å². The van der Waals surface area contributed by atoms with Gasteiger partial charge in [-0.05, 0) is 30.3 Å². The van der Waals surface area contributed by atoms with Crippen molar-refractivity contribution in [1.82, 2.24) is 8.61 Å². The largest absolute Gasteiger partial charge is 0.495 e. The minimum atomic E-state index is -3.93. The van der Waals surface area contributed by atoms with Gasteiger partial charge >= 0.3 is 0 Å². The summed E-state index contributed by atoms with van der Waals surface area (Å²) in [6.45, 7) is 0.938. The van der Waals surface area contributed by atoms with Crippen LogP contribution in [0.25, 0.3) is 0 Å². The molecule has 0 radical (unpaired) electrons. The molecule has 1 saturated heterocycles. The van der Waals surface area contributed by atoms with Gasteiger partial charge in [0.2, 0.25) is 20.0 Å². The van der Waals surface area contributed by atoms with Crippen LogP contribution in [0.15, 0.2) is 52.3 Å². The molecule has 10 nitrogen and oxygen atoms in total. The quantitative estimate of drug-likeness (QED) is 0.628. The standard InChI is InChI=1S/C20H25N3O7S2/c1-22(2)31(25,26)18-7-5-4-6-16(18)21-20(24)15-8-9-17(29-3)19(14-15)32(27,28)23-10-12-30-13-11-23/h4-9,14H,10-13H2,1-3H3,(H,21,24). The summed E-state index contributed by atoms with van der Waals surface area (Å²) >= 11 is 0. The number of hydrogen-bond donors (Lipinski definition) is 1. The summed E-state index contributed by atoms with van der Waals surface area (Å²) in [5.41, 5.74) is 0.120. The number of para-hydroxylation sites is 1. The first-order valence-corrected chi connectivity index (χ1v) is 12.6. The Hall–Kier alpha value is -2.51. The van der Waals surface area contributed by atoms with Crippen molar-refractivity contribution in [3.05, 3.63) is 48.0 Å². The molecule has 3 rings (SSSR count). The highest BCUT2D eigenvalue weighted by Gasteiger charge is 2.30. The van der Waals surface area contributed by atoms with E-state index in [1.165, 1.54) is 55.8 Å². The van der Waals surface area contributed by atoms with Crippen LogP contribution in [-0.4, -0.2) is 78.9 Å². The maximum atomic E-state index is 13.1. The van der Waals surface area contributed by atoms with E-state index in [4.69, 9.17) is 9.47 Å². The first-order chi connectivity index (χ1) is 15.1. The molecule has 0 atom stereocenters. The first kappa shape index (κ1) is 24.1. The lowest BCUT2D eigenvalue weighted by Crippen LogP contribution is -2.40. The van der Waals surface area contributed by atoms with Crippen molar-refractivity contribution in [1.29, 1.82) is 0 Å². The molecule has 0 spiro atoms. The van der Waals surface area contributed by atoms with Crippen LogP contribution in [0, 0.1) is 0 Å². The molecule has 1 aliphatic rings. The van der Waals surface area contributed by atoms with Crippen LogP contribution >= 0.6 is 0 Å². The maximum Gasteiger partial charge on any atom is 0.255 e. The van der Waals surface area contributed by atoms with E-state index in [9.17, 15) is 21.6 Å². The average molecular weight is 484 g/mol. The number of amides is 1. The van der Waals surface area contributed by atoms with Gasteiger partial charge in [0.1, 0.15) is 15.5 Å². The summed E-state index contributed by atoms with van der Waals surface area (Å²) in [7, 11) is -3.62. The monoisotopic (exact) mass is 483 g/mol. The molecule has 0 unspecified atom stereocenters. The van der Waals surface area contributed by atoms with E-state index >= 15 is 0 Å². The van der Waals surface area contributed by atoms with Gasteiger partial charge in [-0.2, -0.15) is 4.31 Å². The Labute approximate surface area is 187 Å². The summed E-state index contributed by atoms with van der Waals surface area (Å²) in [4.78, 5) is 12.7. The van der Waals surface area contributed by atoms with Crippen molar-refractivity contribution in [2.75, 3.05) is 52.8 Å². The number of carbonyl (C=O) groups is 1. The molecular weight excluding hydrogens is 458 g/mol. The second kappa shape index (κ2) is 9.55. The molecule has 1 N–H and O–H groups in total. The van der Waals surface area contributed by atoms with Crippen molar-refractivity contribution in [2.45, 2.75) is 9.79 Å². The molecule has 1 heterocycles. The Morgan fingerprint density at radius 1 is 1.03 bits per heavy atom. The van der Waals surface area contributed by atoms with Gasteiger partial charge in [0.15, 0.2) is 0 Å². The van der Waals surface area contributed by atoms with Gasteiger partial charge in [0, 0.05) is 32.7 Å². The van der Waals surface area contributed by atoms with E-state index in [0.29, 0.717) is 0 Å². The number of anilines is 1. The zero-order chi connectivity index (χ0) is 23.5. The second-order valence-electron chi connectivity index (χ2n) is 7.12. The highest BCUT2D eigenvalue weighted by atomic mass is 32.2. The Bertz CT molecular complexity index is 1210. The molecule has 1 aliphatic heterocycles. The fourth-order valence-electron chi connectivity index (χ4n) is 3.13. The normalized spacial score (nSPS) is 15.5. The molecule has 0 bridgehead atoms. The van der Waals surface area contributed by atoms with Gasteiger partial charge in [0.05, 0.1) is 26.0 Å². The van der Waals surface area contributed by atoms with Gasteiger partial charge < -0.3 is 14.8 Å². The molecule has 1 amide bonds. The van der Waals surface area contributed by atoms with Crippen molar-refractivity contribution in [3.8, 4) is 5.75 Å². The van der Waals surface area contributed by atoms with Crippen molar-refractivity contribution < 1.29 is 31.1 Å². The van der Waals surface area contributed by atoms with Crippen LogP contribution in [0.4, 0.5) is 5.69 Å². The van der Waals surface area contributed by atoms with Gasteiger partial charge in [-0.3, -0.25) is 4.79 Å². The zero-order valence-corrected chi connectivity index (χ0v) is 19.6. The van der Waals surface area contributed by atoms with Crippen LogP contribution < -0.4 is 10.1 Å². The number of rotatable bonds is 7. The molecule has 174 valence electrons. The molecule has 2 aromatic carbocycles. The fraction of sp³-hybridized carbons (Fsp3) is 0.350. The number of morpholine rings is 1. The van der Waals surface area contributed by atoms with Gasteiger partial charge in [-0.25, -0.2) is 21.1 Å². The smallest absolute Gasteiger partial charge is 0.255 e. The molecule has 1 fully saturated rings. The molecule has 12 heteroatoms. The highest BCUT2D eigenvalue weighted by Crippen LogP contribution is 2.29. The van der Waals surface area contributed by atoms with Gasteiger partial charge in [-0.15, -0.1) is 0 Å². The Morgan fingerprint density at radius 2 is 1.69 bits per heavy atom. The highest BCUT2D eigenvalue weighted by molar-refractivity contribution is 7.89. The number of ether oxygens (including phenoxy) is 2. The zero-order valence-electron chi connectivity index (χ0n) is 17.9. The first-order valence-electron chi connectivity index (χ1n) is 9.68. The lowest BCUT2D eigenvalue weighted by molar-refractivity contribution is 0.0729. The number of sulfonamides is 2. The molecular formula is C20H25N3O7S2. The van der Waals surface area contributed by atoms with Gasteiger partial charge in [-0.1, -0.05) is 12.1 Å². The third kappa shape index (κ3) is 4.79. The van der Waals surface area contributed by atoms with Crippen molar-refractivity contribution >= 4 is 31.6 Å². The summed E-state index contributed by atoms with van der Waals surface area (Å²) < 4.78 is 64.2. The predicted molar refractivity (Wildman–Crippen MR) is 118 cm³/mol. The van der Waals surface area contributed by atoms with Crippen LogP contribution in [0.5, 0.6) is 5.75 Å². The number of hydrogen-bond acceptors (Lipinski definition) is 7. The summed E-state index contributed by atoms with van der Waals surface area (Å²) in [5, 5.41) is 2.57. The SMILES string of the molecule is COc1ccc(C(=O)Nc2ccccc2S(=O)(=O)N(C)C)cc1S(=O)(=O)N1CCOCC1. The third-order valence-corrected chi connectivity index (χ3v) is 8.70. The van der Waals surface area contributed by atoms with E-state index in [0.717, 1.165) is 4.31 Å². The summed E-state index contributed by atoms with van der Waals surface area (Å²) in [6.07, 6.45) is 0. The molecule has 0 aliphatic carbocycles. The molecule has 0 saturated carbocycles. The number of benzene rings is 2. The molecule has 0 aromatic heterocycles. The van der Waals surface area contributed by atoms with E-state index in [1.54, 1.807) is 12.1 Å². The Kier molecular flexibility index (Phi) is 7.20. The van der Waals surface area contributed by atoms with E-state index in [2.05, 4.69) is 5.32 Å². The predicted octanol–water partition coefficient (Wildman–Crippen LogP) is 1.22. The molecule has 32 heavy (non-hydrogen) atoms. The van der Waals surface area contributed by atoms with Crippen LogP contribution in [0.2, 0.25) is 0 Å². The number of nitrogens with zero attached hydrogens (tertiary/aromatic N) is 2. The van der Waals surface area contributed by atoms with E-state index in [-0.39, 0.29) is 53.1 Å². The van der Waals surface area contributed by atoms with Crippen molar-refractivity contribution in [3.63, 3.8) is 0 Å². The minimum Gasteiger partial charge on any atom is -0.495 e. The minimum absolute atomic E-state index is 0.0367. The lowest BCUT2D eigenvalue weighted by Gasteiger charge is -2.26. The van der Waals surface area contributed by atoms with Gasteiger partial charge in [0.25, 0.3) is 5.91 Å². The molecule has 2 aromatic rings. The second-order valence-corrected chi connectivity index (χ2v) is 11.1. The third-order valence-electron chi connectivity index (χ3n) is 4.91. The Balaban J connectivity index is 1.97. The van der Waals surface area contributed by atoms with Crippen molar-refractivity contribution in [2.24, 2.45) is 0 Å². The lowest BCUT2D eigenvalue weighted by atomic mass is 10.2. The number of nitrogens with one attached hydrogen (secondary N) is 1. The Morgan fingerprint density at radius 3 is 2.31 bits per heavy atom. The fourth-order valence-corrected chi connectivity index (χ4v) is 5.76. The van der Waals surface area contributed by atoms with Crippen LogP contribution in [0.3, 0.4) is 0 Å². The number of methoxy groups -OCH3 is 1. The van der Waals surface area contributed by atoms with E-state index in [1.807, 2.05) is 0 Å². The average Bonchev–Trinajstić information content (AvgIpc) is 2.79. The van der Waals surface area contributed by atoms with Crippen LogP contribution in [-0.2, 0) is 24.8 Å². The summed E-state index contributed by atoms with van der Waals surface area (Å²) in [5.74, 6) is -0.559. The summed E-state index contributed by atoms with van der Waals surface area (Å²) in [6, 6.07) is 10.0. The topological polar surface area (TPSA) is 122 Å². The number of carbonyl (C=O) groups excluding carboxylic acids is 1. The van der Waals surface area contributed by atoms with Crippen LogP contribution in [0.1, 0.15) is 10.4 Å².